The monoisotopic (exact) mass is 256 g/mol. The number of halogens is 2. The first-order valence-corrected chi connectivity index (χ1v) is 5.25. The summed E-state index contributed by atoms with van der Waals surface area (Å²) in [5.41, 5.74) is 0.191. The van der Waals surface area contributed by atoms with E-state index in [0.29, 0.717) is 0 Å². The van der Waals surface area contributed by atoms with Gasteiger partial charge in [-0.3, -0.25) is 4.79 Å². The Morgan fingerprint density at radius 2 is 2.35 bits per heavy atom. The van der Waals surface area contributed by atoms with Crippen LogP contribution < -0.4 is 10.1 Å². The van der Waals surface area contributed by atoms with E-state index < -0.39 is 11.7 Å². The minimum Gasteiger partial charge on any atom is -0.489 e. The Hall–Kier alpha value is -1.80. The summed E-state index contributed by atoms with van der Waals surface area (Å²) in [6.07, 6.45) is -0.299. The highest BCUT2D eigenvalue weighted by Gasteiger charge is 2.12. The predicted molar refractivity (Wildman–Crippen MR) is 61.4 cm³/mol. The maximum absolute atomic E-state index is 13.5. The van der Waals surface area contributed by atoms with Gasteiger partial charge in [-0.05, 0) is 13.0 Å². The van der Waals surface area contributed by atoms with E-state index in [4.69, 9.17) is 21.6 Å². The van der Waals surface area contributed by atoms with Crippen LogP contribution in [0.1, 0.15) is 13.3 Å². The molecule has 0 heterocycles. The molecule has 0 aliphatic carbocycles. The van der Waals surface area contributed by atoms with Crippen LogP contribution in [0.2, 0.25) is 5.02 Å². The largest absolute Gasteiger partial charge is 0.489 e. The van der Waals surface area contributed by atoms with E-state index in [1.54, 1.807) is 13.0 Å². The molecule has 0 radical (unpaired) electrons. The summed E-state index contributed by atoms with van der Waals surface area (Å²) in [7, 11) is 0. The number of anilines is 1. The molecule has 0 aromatic heterocycles. The van der Waals surface area contributed by atoms with Gasteiger partial charge in [0, 0.05) is 11.8 Å². The van der Waals surface area contributed by atoms with E-state index in [1.807, 2.05) is 0 Å². The van der Waals surface area contributed by atoms with Crippen molar-refractivity contribution in [2.75, 3.05) is 11.9 Å². The Kier molecular flexibility index (Phi) is 4.73. The smallest absolute Gasteiger partial charge is 0.238 e. The third-order valence-electron chi connectivity index (χ3n) is 1.81. The first-order chi connectivity index (χ1) is 8.08. The number of carbonyl (C=O) groups excluding carboxylic acids is 1. The first kappa shape index (κ1) is 13.3. The molecule has 17 heavy (non-hydrogen) atoms. The van der Waals surface area contributed by atoms with E-state index in [1.165, 1.54) is 6.07 Å². The molecule has 0 saturated carbocycles. The van der Waals surface area contributed by atoms with E-state index in [9.17, 15) is 9.18 Å². The van der Waals surface area contributed by atoms with Gasteiger partial charge in [-0.2, -0.15) is 5.26 Å². The number of hydrogen-bond acceptors (Lipinski definition) is 3. The number of ether oxygens (including phenoxy) is 1. The lowest BCUT2D eigenvalue weighted by atomic mass is 10.2. The lowest BCUT2D eigenvalue weighted by molar-refractivity contribution is -0.115. The molecular weight excluding hydrogens is 247 g/mol. The van der Waals surface area contributed by atoms with Gasteiger partial charge in [0.1, 0.15) is 6.42 Å². The second kappa shape index (κ2) is 6.06. The molecule has 1 amide bonds. The van der Waals surface area contributed by atoms with Crippen molar-refractivity contribution in [3.63, 3.8) is 0 Å². The van der Waals surface area contributed by atoms with Crippen molar-refractivity contribution in [3.8, 4) is 11.8 Å². The quantitative estimate of drug-likeness (QED) is 0.901. The van der Waals surface area contributed by atoms with Crippen LogP contribution in [-0.2, 0) is 4.79 Å². The Labute approximate surface area is 103 Å². The summed E-state index contributed by atoms with van der Waals surface area (Å²) in [5.74, 6) is -1.23. The Morgan fingerprint density at radius 1 is 1.65 bits per heavy atom. The second-order valence-corrected chi connectivity index (χ2v) is 3.49. The maximum atomic E-state index is 13.5. The van der Waals surface area contributed by atoms with Crippen molar-refractivity contribution in [1.82, 2.24) is 0 Å². The van der Waals surface area contributed by atoms with Crippen LogP contribution in [0.3, 0.4) is 0 Å². The molecule has 0 unspecified atom stereocenters. The lowest BCUT2D eigenvalue weighted by Crippen LogP contribution is -2.10. The number of nitrogens with zero attached hydrogens (tertiary/aromatic N) is 1. The van der Waals surface area contributed by atoms with Crippen molar-refractivity contribution in [3.05, 3.63) is 23.0 Å². The number of carbonyl (C=O) groups is 1. The number of amides is 1. The zero-order valence-electron chi connectivity index (χ0n) is 9.09. The number of nitriles is 1. The van der Waals surface area contributed by atoms with Crippen molar-refractivity contribution < 1.29 is 13.9 Å². The van der Waals surface area contributed by atoms with Gasteiger partial charge >= 0.3 is 0 Å². The van der Waals surface area contributed by atoms with Crippen LogP contribution >= 0.6 is 11.6 Å². The molecule has 1 N–H and O–H groups in total. The fraction of sp³-hybridized carbons (Fsp3) is 0.273. The summed E-state index contributed by atoms with van der Waals surface area (Å²) in [5, 5.41) is 10.7. The van der Waals surface area contributed by atoms with Gasteiger partial charge in [-0.1, -0.05) is 11.6 Å². The molecule has 90 valence electrons. The topological polar surface area (TPSA) is 62.1 Å². The molecule has 4 nitrogen and oxygen atoms in total. The zero-order chi connectivity index (χ0) is 12.8. The molecule has 0 aliphatic heterocycles. The van der Waals surface area contributed by atoms with Crippen molar-refractivity contribution in [1.29, 1.82) is 5.26 Å². The van der Waals surface area contributed by atoms with E-state index in [0.717, 1.165) is 6.07 Å². The number of benzene rings is 1. The van der Waals surface area contributed by atoms with E-state index in [2.05, 4.69) is 5.32 Å². The standard InChI is InChI=1S/C11H10ClFN2O2/c1-2-17-11-8(12)5-7(6-9(11)13)15-10(16)3-4-14/h5-6H,2-3H2,1H3,(H,15,16). The summed E-state index contributed by atoms with van der Waals surface area (Å²) in [4.78, 5) is 11.1. The molecule has 6 heteroatoms. The van der Waals surface area contributed by atoms with Gasteiger partial charge in [0.15, 0.2) is 11.6 Å². The minimum absolute atomic E-state index is 0.0487. The fourth-order valence-corrected chi connectivity index (χ4v) is 1.45. The highest BCUT2D eigenvalue weighted by Crippen LogP contribution is 2.31. The van der Waals surface area contributed by atoms with Crippen LogP contribution in [0, 0.1) is 17.1 Å². The molecule has 0 atom stereocenters. The molecule has 0 spiro atoms. The Morgan fingerprint density at radius 3 is 2.88 bits per heavy atom. The van der Waals surface area contributed by atoms with Crippen LogP contribution in [0.4, 0.5) is 10.1 Å². The SMILES string of the molecule is CCOc1c(F)cc(NC(=O)CC#N)cc1Cl. The van der Waals surface area contributed by atoms with Gasteiger partial charge in [0.25, 0.3) is 0 Å². The van der Waals surface area contributed by atoms with Gasteiger partial charge in [-0.15, -0.1) is 0 Å². The third-order valence-corrected chi connectivity index (χ3v) is 2.09. The van der Waals surface area contributed by atoms with Crippen molar-refractivity contribution in [2.24, 2.45) is 0 Å². The summed E-state index contributed by atoms with van der Waals surface area (Å²) in [6, 6.07) is 4.14. The second-order valence-electron chi connectivity index (χ2n) is 3.09. The highest BCUT2D eigenvalue weighted by molar-refractivity contribution is 6.32. The van der Waals surface area contributed by atoms with Gasteiger partial charge in [0.05, 0.1) is 17.7 Å². The molecular formula is C11H10ClFN2O2. The van der Waals surface area contributed by atoms with Gasteiger partial charge in [-0.25, -0.2) is 4.39 Å². The predicted octanol–water partition coefficient (Wildman–Crippen LogP) is 2.73. The number of rotatable bonds is 4. The Bertz CT molecular complexity index is 448. The van der Waals surface area contributed by atoms with E-state index in [-0.39, 0.29) is 29.5 Å². The number of nitrogens with one attached hydrogen (secondary N) is 1. The van der Waals surface area contributed by atoms with E-state index >= 15 is 0 Å². The van der Waals surface area contributed by atoms with Crippen LogP contribution in [-0.4, -0.2) is 12.5 Å². The molecule has 0 fully saturated rings. The van der Waals surface area contributed by atoms with Gasteiger partial charge in [0.2, 0.25) is 5.91 Å². The molecule has 1 aromatic carbocycles. The lowest BCUT2D eigenvalue weighted by Gasteiger charge is -2.09. The van der Waals surface area contributed by atoms with Crippen molar-refractivity contribution in [2.45, 2.75) is 13.3 Å². The molecule has 0 aliphatic rings. The normalized spacial score (nSPS) is 9.53. The zero-order valence-corrected chi connectivity index (χ0v) is 9.84. The average molecular weight is 257 g/mol. The van der Waals surface area contributed by atoms with Crippen LogP contribution in [0.5, 0.6) is 5.75 Å². The molecule has 0 bridgehead atoms. The molecule has 1 rings (SSSR count). The maximum Gasteiger partial charge on any atom is 0.238 e. The summed E-state index contributed by atoms with van der Waals surface area (Å²) >= 11 is 5.79. The summed E-state index contributed by atoms with van der Waals surface area (Å²) < 4.78 is 18.5. The third kappa shape index (κ3) is 3.61. The highest BCUT2D eigenvalue weighted by atomic mass is 35.5. The average Bonchev–Trinajstić information content (AvgIpc) is 2.23. The van der Waals surface area contributed by atoms with Crippen LogP contribution in [0.15, 0.2) is 12.1 Å². The van der Waals surface area contributed by atoms with Gasteiger partial charge < -0.3 is 10.1 Å². The molecule has 1 aromatic rings. The molecule has 0 saturated heterocycles. The fourth-order valence-electron chi connectivity index (χ4n) is 1.19. The van der Waals surface area contributed by atoms with Crippen LogP contribution in [0.25, 0.3) is 0 Å². The minimum atomic E-state index is -0.661. The van der Waals surface area contributed by atoms with Crippen molar-refractivity contribution >= 4 is 23.2 Å². The Balaban J connectivity index is 2.91. The first-order valence-electron chi connectivity index (χ1n) is 4.87. The summed E-state index contributed by atoms with van der Waals surface area (Å²) in [6.45, 7) is 2.00. The number of hydrogen-bond donors (Lipinski definition) is 1.